The molecule has 58 valence electrons. The van der Waals surface area contributed by atoms with Crippen LogP contribution >= 0.6 is 0 Å². The lowest BCUT2D eigenvalue weighted by molar-refractivity contribution is 0.196. The maximum Gasteiger partial charge on any atom is 0.323 e. The van der Waals surface area contributed by atoms with E-state index < -0.39 is 0 Å². The molecular formula is C7H14N2O. The predicted molar refractivity (Wildman–Crippen MR) is 41.7 cm³/mol. The van der Waals surface area contributed by atoms with E-state index >= 15 is 0 Å². The van der Waals surface area contributed by atoms with Crippen LogP contribution in [0.5, 0.6) is 0 Å². The molecule has 10 heavy (non-hydrogen) atoms. The summed E-state index contributed by atoms with van der Waals surface area (Å²) in [6, 6.07) is -0.0156. The first-order valence-electron chi connectivity index (χ1n) is 3.16. The zero-order valence-corrected chi connectivity index (χ0v) is 6.96. The Kier molecular flexibility index (Phi) is 3.54. The highest BCUT2D eigenvalue weighted by atomic mass is 16.2. The van der Waals surface area contributed by atoms with Gasteiger partial charge in [-0.05, 0) is 6.92 Å². The molecule has 0 fully saturated rings. The molecule has 0 radical (unpaired) electrons. The fourth-order valence-corrected chi connectivity index (χ4v) is 0.603. The molecule has 3 heteroatoms. The number of rotatable bonds is 1. The molecule has 0 heterocycles. The fraction of sp³-hybridized carbons (Fsp3) is 0.571. The molecule has 0 atom stereocenters. The third-order valence-electron chi connectivity index (χ3n) is 1.06. The Balaban J connectivity index is 3.95. The number of urea groups is 1. The van der Waals surface area contributed by atoms with Crippen LogP contribution in [-0.4, -0.2) is 37.0 Å². The van der Waals surface area contributed by atoms with Crippen molar-refractivity contribution in [2.75, 3.05) is 21.1 Å². The lowest BCUT2D eigenvalue weighted by Gasteiger charge is -2.17. The number of carbonyl (C=O) groups is 1. The lowest BCUT2D eigenvalue weighted by atomic mass is 10.6. The van der Waals surface area contributed by atoms with Gasteiger partial charge in [0.2, 0.25) is 0 Å². The second-order valence-corrected chi connectivity index (χ2v) is 2.27. The summed E-state index contributed by atoms with van der Waals surface area (Å²) in [5, 5.41) is 0. The normalized spacial score (nSPS) is 10.0. The molecular weight excluding hydrogens is 128 g/mol. The molecule has 0 N–H and O–H groups in total. The van der Waals surface area contributed by atoms with E-state index in [1.165, 1.54) is 9.80 Å². The van der Waals surface area contributed by atoms with Gasteiger partial charge in [-0.15, -0.1) is 0 Å². The minimum atomic E-state index is -0.0156. The molecule has 0 aliphatic carbocycles. The van der Waals surface area contributed by atoms with Crippen molar-refractivity contribution in [3.05, 3.63) is 12.3 Å². The minimum Gasteiger partial charge on any atom is -0.330 e. The molecule has 0 saturated carbocycles. The van der Waals surface area contributed by atoms with Crippen molar-refractivity contribution < 1.29 is 4.79 Å². The molecule has 0 aliphatic heterocycles. The summed E-state index contributed by atoms with van der Waals surface area (Å²) in [7, 11) is 5.17. The summed E-state index contributed by atoms with van der Waals surface area (Å²) in [6.07, 6.45) is 3.55. The molecule has 0 aromatic rings. The summed E-state index contributed by atoms with van der Waals surface area (Å²) < 4.78 is 0. The summed E-state index contributed by atoms with van der Waals surface area (Å²) in [5.74, 6) is 0. The highest BCUT2D eigenvalue weighted by Gasteiger charge is 2.05. The third-order valence-corrected chi connectivity index (χ3v) is 1.06. The highest BCUT2D eigenvalue weighted by molar-refractivity contribution is 5.74. The topological polar surface area (TPSA) is 23.6 Å². The molecule has 0 rings (SSSR count). The molecule has 0 unspecified atom stereocenters. The van der Waals surface area contributed by atoms with Crippen molar-refractivity contribution >= 4 is 6.03 Å². The molecule has 3 nitrogen and oxygen atoms in total. The predicted octanol–water partition coefficient (Wildman–Crippen LogP) is 1.13. The van der Waals surface area contributed by atoms with Gasteiger partial charge in [0, 0.05) is 27.3 Å². The fourth-order valence-electron chi connectivity index (χ4n) is 0.603. The lowest BCUT2D eigenvalue weighted by Crippen LogP contribution is -2.32. The van der Waals surface area contributed by atoms with Crippen LogP contribution in [0.15, 0.2) is 12.3 Å². The quantitative estimate of drug-likeness (QED) is 0.538. The average molecular weight is 142 g/mol. The van der Waals surface area contributed by atoms with Gasteiger partial charge in [0.05, 0.1) is 0 Å². The van der Waals surface area contributed by atoms with Crippen LogP contribution in [0.25, 0.3) is 0 Å². The second kappa shape index (κ2) is 3.93. The van der Waals surface area contributed by atoms with Crippen LogP contribution in [0.4, 0.5) is 4.79 Å². The molecule has 0 bridgehead atoms. The van der Waals surface area contributed by atoms with Crippen LogP contribution in [0, 0.1) is 0 Å². The number of nitrogens with zero attached hydrogens (tertiary/aromatic N) is 2. The Morgan fingerprint density at radius 1 is 1.30 bits per heavy atom. The monoisotopic (exact) mass is 142 g/mol. The van der Waals surface area contributed by atoms with Gasteiger partial charge < -0.3 is 9.80 Å². The van der Waals surface area contributed by atoms with Gasteiger partial charge >= 0.3 is 6.03 Å². The Morgan fingerprint density at radius 2 is 1.80 bits per heavy atom. The van der Waals surface area contributed by atoms with Crippen molar-refractivity contribution in [2.45, 2.75) is 6.92 Å². The zero-order chi connectivity index (χ0) is 8.15. The Hall–Kier alpha value is -0.990. The van der Waals surface area contributed by atoms with Crippen LogP contribution in [0.1, 0.15) is 6.92 Å². The maximum absolute atomic E-state index is 11.0. The van der Waals surface area contributed by atoms with E-state index in [0.717, 1.165) is 0 Å². The number of amides is 2. The van der Waals surface area contributed by atoms with Gasteiger partial charge in [-0.2, -0.15) is 0 Å². The maximum atomic E-state index is 11.0. The molecule has 0 aliphatic rings. The summed E-state index contributed by atoms with van der Waals surface area (Å²) >= 11 is 0. The molecule has 0 spiro atoms. The molecule has 0 saturated heterocycles. The van der Waals surface area contributed by atoms with Gasteiger partial charge in [-0.1, -0.05) is 6.08 Å². The van der Waals surface area contributed by atoms with Crippen LogP contribution in [0.2, 0.25) is 0 Å². The number of hydrogen-bond acceptors (Lipinski definition) is 1. The van der Waals surface area contributed by atoms with Crippen molar-refractivity contribution in [1.82, 2.24) is 9.80 Å². The van der Waals surface area contributed by atoms with Crippen molar-refractivity contribution in [2.24, 2.45) is 0 Å². The van der Waals surface area contributed by atoms with Crippen LogP contribution < -0.4 is 0 Å². The smallest absolute Gasteiger partial charge is 0.323 e. The van der Waals surface area contributed by atoms with E-state index in [1.807, 2.05) is 13.0 Å². The van der Waals surface area contributed by atoms with E-state index in [9.17, 15) is 4.79 Å². The Morgan fingerprint density at radius 3 is 2.10 bits per heavy atom. The largest absolute Gasteiger partial charge is 0.330 e. The Bertz CT molecular complexity index is 141. The molecule has 0 aromatic carbocycles. The summed E-state index contributed by atoms with van der Waals surface area (Å²) in [6.45, 7) is 1.87. The van der Waals surface area contributed by atoms with Crippen molar-refractivity contribution in [3.63, 3.8) is 0 Å². The van der Waals surface area contributed by atoms with Gasteiger partial charge in [0.1, 0.15) is 0 Å². The number of carbonyl (C=O) groups excluding carboxylic acids is 1. The van der Waals surface area contributed by atoms with Gasteiger partial charge in [-0.25, -0.2) is 4.79 Å². The number of hydrogen-bond donors (Lipinski definition) is 0. The van der Waals surface area contributed by atoms with E-state index in [-0.39, 0.29) is 6.03 Å². The van der Waals surface area contributed by atoms with Crippen LogP contribution in [-0.2, 0) is 0 Å². The first-order valence-corrected chi connectivity index (χ1v) is 3.16. The van der Waals surface area contributed by atoms with E-state index in [1.54, 1.807) is 27.3 Å². The van der Waals surface area contributed by atoms with Gasteiger partial charge in [0.15, 0.2) is 0 Å². The highest BCUT2D eigenvalue weighted by Crippen LogP contribution is 1.90. The average Bonchev–Trinajstić information content (AvgIpc) is 1.87. The standard InChI is InChI=1S/C7H14N2O/c1-5-6-9(4)7(10)8(2)3/h5-6H,1-4H3. The zero-order valence-electron chi connectivity index (χ0n) is 6.96. The van der Waals surface area contributed by atoms with Crippen molar-refractivity contribution in [1.29, 1.82) is 0 Å². The molecule has 2 amide bonds. The minimum absolute atomic E-state index is 0.0156. The number of allylic oxidation sites excluding steroid dienone is 1. The second-order valence-electron chi connectivity index (χ2n) is 2.27. The first-order chi connectivity index (χ1) is 4.59. The van der Waals surface area contributed by atoms with E-state index in [0.29, 0.717) is 0 Å². The Labute approximate surface area is 61.9 Å². The summed E-state index contributed by atoms with van der Waals surface area (Å²) in [4.78, 5) is 14.1. The van der Waals surface area contributed by atoms with E-state index in [2.05, 4.69) is 0 Å². The van der Waals surface area contributed by atoms with Crippen molar-refractivity contribution in [3.8, 4) is 0 Å². The van der Waals surface area contributed by atoms with Gasteiger partial charge in [-0.3, -0.25) is 0 Å². The third kappa shape index (κ3) is 2.53. The SMILES string of the molecule is CC=CN(C)C(=O)N(C)C. The summed E-state index contributed by atoms with van der Waals surface area (Å²) in [5.41, 5.74) is 0. The first kappa shape index (κ1) is 9.01. The molecule has 0 aromatic heterocycles. The van der Waals surface area contributed by atoms with Crippen LogP contribution in [0.3, 0.4) is 0 Å². The van der Waals surface area contributed by atoms with E-state index in [4.69, 9.17) is 0 Å². The van der Waals surface area contributed by atoms with Gasteiger partial charge in [0.25, 0.3) is 0 Å².